The van der Waals surface area contributed by atoms with Crippen LogP contribution in [0.5, 0.6) is 0 Å². The molecule has 0 spiro atoms. The first-order valence-corrected chi connectivity index (χ1v) is 7.39. The maximum absolute atomic E-state index is 11.4. The molecular formula is C15H18ClN3O. The van der Waals surface area contributed by atoms with Crippen molar-refractivity contribution in [3.63, 3.8) is 0 Å². The molecule has 106 valence electrons. The van der Waals surface area contributed by atoms with Gasteiger partial charge in [-0.15, -0.1) is 0 Å². The zero-order valence-electron chi connectivity index (χ0n) is 11.7. The van der Waals surface area contributed by atoms with Crippen LogP contribution < -0.4 is 5.32 Å². The van der Waals surface area contributed by atoms with Crippen LogP contribution in [-0.2, 0) is 0 Å². The van der Waals surface area contributed by atoms with E-state index in [1.54, 1.807) is 0 Å². The van der Waals surface area contributed by atoms with Crippen molar-refractivity contribution in [2.45, 2.75) is 45.6 Å². The van der Waals surface area contributed by atoms with Crippen LogP contribution in [0.2, 0.25) is 0 Å². The SMILES string of the molecule is CC(C)=C1NC(Cl)=Nc2c1cc(C=O)n2C1CCCC1. The van der Waals surface area contributed by atoms with E-state index < -0.39 is 0 Å². The lowest BCUT2D eigenvalue weighted by atomic mass is 10.1. The summed E-state index contributed by atoms with van der Waals surface area (Å²) in [6.45, 7) is 4.05. The standard InChI is InChI=1S/C15H18ClN3O/c1-9(2)13-12-7-11(8-20)19(10-5-3-4-6-10)14(12)18-15(16)17-13/h7-8,10H,3-6H2,1-2H3,(H,17,18). The molecule has 0 radical (unpaired) electrons. The van der Waals surface area contributed by atoms with Gasteiger partial charge < -0.3 is 9.88 Å². The maximum Gasteiger partial charge on any atom is 0.202 e. The molecule has 1 saturated carbocycles. The van der Waals surface area contributed by atoms with Gasteiger partial charge in [-0.25, -0.2) is 4.99 Å². The summed E-state index contributed by atoms with van der Waals surface area (Å²) in [6.07, 6.45) is 5.55. The molecule has 1 aromatic rings. The molecule has 1 aliphatic heterocycles. The average molecular weight is 292 g/mol. The molecule has 5 heteroatoms. The topological polar surface area (TPSA) is 46.4 Å². The number of aldehydes is 1. The maximum atomic E-state index is 11.4. The van der Waals surface area contributed by atoms with Crippen molar-refractivity contribution in [3.05, 3.63) is 22.9 Å². The normalized spacial score (nSPS) is 18.6. The van der Waals surface area contributed by atoms with Crippen LogP contribution in [0.1, 0.15) is 61.6 Å². The fourth-order valence-corrected chi connectivity index (χ4v) is 3.33. The largest absolute Gasteiger partial charge is 0.330 e. The minimum absolute atomic E-state index is 0.364. The first kappa shape index (κ1) is 13.4. The first-order valence-electron chi connectivity index (χ1n) is 7.01. The minimum Gasteiger partial charge on any atom is -0.330 e. The van der Waals surface area contributed by atoms with Gasteiger partial charge in [0.05, 0.1) is 11.4 Å². The van der Waals surface area contributed by atoms with Gasteiger partial charge in [-0.05, 0) is 44.4 Å². The molecule has 0 unspecified atom stereocenters. The van der Waals surface area contributed by atoms with Crippen molar-refractivity contribution >= 4 is 34.7 Å². The van der Waals surface area contributed by atoms with Crippen molar-refractivity contribution in [1.29, 1.82) is 0 Å². The zero-order chi connectivity index (χ0) is 14.3. The van der Waals surface area contributed by atoms with E-state index in [-0.39, 0.29) is 0 Å². The predicted octanol–water partition coefficient (Wildman–Crippen LogP) is 4.00. The van der Waals surface area contributed by atoms with Crippen LogP contribution in [0, 0.1) is 0 Å². The summed E-state index contributed by atoms with van der Waals surface area (Å²) >= 11 is 6.12. The Kier molecular flexibility index (Phi) is 3.42. The van der Waals surface area contributed by atoms with E-state index in [4.69, 9.17) is 11.6 Å². The molecule has 1 aromatic heterocycles. The van der Waals surface area contributed by atoms with Crippen LogP contribution in [0.15, 0.2) is 16.6 Å². The Balaban J connectivity index is 2.22. The van der Waals surface area contributed by atoms with Crippen molar-refractivity contribution in [2.75, 3.05) is 0 Å². The van der Waals surface area contributed by atoms with Gasteiger partial charge in [0.2, 0.25) is 5.29 Å². The second-order valence-corrected chi connectivity index (χ2v) is 5.99. The molecule has 0 saturated heterocycles. The van der Waals surface area contributed by atoms with E-state index in [1.165, 1.54) is 12.8 Å². The van der Waals surface area contributed by atoms with E-state index in [9.17, 15) is 4.79 Å². The molecule has 1 aliphatic carbocycles. The number of allylic oxidation sites excluding steroid dienone is 1. The number of hydrogen-bond donors (Lipinski definition) is 1. The van der Waals surface area contributed by atoms with Gasteiger partial charge in [0.15, 0.2) is 6.29 Å². The quantitative estimate of drug-likeness (QED) is 0.661. The zero-order valence-corrected chi connectivity index (χ0v) is 12.5. The fraction of sp³-hybridized carbons (Fsp3) is 0.467. The smallest absolute Gasteiger partial charge is 0.202 e. The number of fused-ring (bicyclic) bond motifs is 1. The van der Waals surface area contributed by atoms with E-state index in [0.717, 1.165) is 41.8 Å². The fourth-order valence-electron chi connectivity index (χ4n) is 3.15. The molecule has 0 bridgehead atoms. The predicted molar refractivity (Wildman–Crippen MR) is 81.7 cm³/mol. The number of halogens is 1. The second kappa shape index (κ2) is 5.09. The molecule has 4 nitrogen and oxygen atoms in total. The number of nitrogens with one attached hydrogen (secondary N) is 1. The molecule has 3 rings (SSSR count). The molecule has 20 heavy (non-hydrogen) atoms. The highest BCUT2D eigenvalue weighted by atomic mass is 35.5. The highest BCUT2D eigenvalue weighted by molar-refractivity contribution is 6.65. The van der Waals surface area contributed by atoms with Gasteiger partial charge in [0.1, 0.15) is 5.82 Å². The summed E-state index contributed by atoms with van der Waals surface area (Å²) in [4.78, 5) is 15.9. The van der Waals surface area contributed by atoms with Crippen LogP contribution in [0.3, 0.4) is 0 Å². The Morgan fingerprint density at radius 1 is 1.45 bits per heavy atom. The number of nitrogens with zero attached hydrogens (tertiary/aromatic N) is 2. The minimum atomic E-state index is 0.364. The van der Waals surface area contributed by atoms with Gasteiger partial charge in [-0.1, -0.05) is 18.4 Å². The molecule has 0 aromatic carbocycles. The summed E-state index contributed by atoms with van der Waals surface area (Å²) in [7, 11) is 0. The Morgan fingerprint density at radius 3 is 2.75 bits per heavy atom. The summed E-state index contributed by atoms with van der Waals surface area (Å²) in [5, 5.41) is 3.46. The van der Waals surface area contributed by atoms with E-state index in [2.05, 4.69) is 14.9 Å². The summed E-state index contributed by atoms with van der Waals surface area (Å²) in [6, 6.07) is 2.28. The lowest BCUT2D eigenvalue weighted by Gasteiger charge is -2.21. The van der Waals surface area contributed by atoms with Crippen molar-refractivity contribution < 1.29 is 4.79 Å². The number of carbonyl (C=O) groups excluding carboxylic acids is 1. The Labute approximate surface area is 123 Å². The lowest BCUT2D eigenvalue weighted by molar-refractivity contribution is 0.111. The third-order valence-corrected chi connectivity index (χ3v) is 4.23. The van der Waals surface area contributed by atoms with Gasteiger partial charge in [-0.3, -0.25) is 4.79 Å². The highest BCUT2D eigenvalue weighted by Crippen LogP contribution is 2.40. The van der Waals surface area contributed by atoms with Crippen molar-refractivity contribution in [1.82, 2.24) is 9.88 Å². The molecular weight excluding hydrogens is 274 g/mol. The second-order valence-electron chi connectivity index (χ2n) is 5.64. The monoisotopic (exact) mass is 291 g/mol. The molecule has 2 aliphatic rings. The number of carbonyl (C=O) groups is 1. The van der Waals surface area contributed by atoms with Crippen LogP contribution >= 0.6 is 11.6 Å². The molecule has 2 heterocycles. The summed E-state index contributed by atoms with van der Waals surface area (Å²) in [5.74, 6) is 0.818. The van der Waals surface area contributed by atoms with Gasteiger partial charge in [0, 0.05) is 11.6 Å². The molecule has 0 amide bonds. The number of rotatable bonds is 2. The Bertz CT molecular complexity index is 617. The molecule has 0 atom stereocenters. The van der Waals surface area contributed by atoms with Crippen LogP contribution in [0.4, 0.5) is 5.82 Å². The van der Waals surface area contributed by atoms with E-state index >= 15 is 0 Å². The first-order chi connectivity index (χ1) is 9.61. The summed E-state index contributed by atoms with van der Waals surface area (Å²) < 4.78 is 2.07. The third kappa shape index (κ3) is 2.08. The average Bonchev–Trinajstić information content (AvgIpc) is 3.03. The Hall–Kier alpha value is -1.55. The van der Waals surface area contributed by atoms with Gasteiger partial charge in [0.25, 0.3) is 0 Å². The molecule has 1 fully saturated rings. The van der Waals surface area contributed by atoms with Crippen LogP contribution in [-0.4, -0.2) is 16.1 Å². The van der Waals surface area contributed by atoms with Gasteiger partial charge >= 0.3 is 0 Å². The Morgan fingerprint density at radius 2 is 2.15 bits per heavy atom. The number of aliphatic imine (C=N–C) groups is 1. The number of amidine groups is 1. The number of hydrogen-bond acceptors (Lipinski definition) is 3. The summed E-state index contributed by atoms with van der Waals surface area (Å²) in [5.41, 5.74) is 3.75. The van der Waals surface area contributed by atoms with Crippen molar-refractivity contribution in [3.8, 4) is 0 Å². The number of aromatic nitrogens is 1. The molecule has 1 N–H and O–H groups in total. The van der Waals surface area contributed by atoms with E-state index in [0.29, 0.717) is 17.0 Å². The van der Waals surface area contributed by atoms with Gasteiger partial charge in [-0.2, -0.15) is 0 Å². The van der Waals surface area contributed by atoms with Crippen molar-refractivity contribution in [2.24, 2.45) is 4.99 Å². The van der Waals surface area contributed by atoms with Crippen LogP contribution in [0.25, 0.3) is 5.70 Å². The lowest BCUT2D eigenvalue weighted by Crippen LogP contribution is -2.21. The third-order valence-electron chi connectivity index (χ3n) is 4.05. The van der Waals surface area contributed by atoms with E-state index in [1.807, 2.05) is 19.9 Å². The highest BCUT2D eigenvalue weighted by Gasteiger charge is 2.28.